The molecule has 19 heavy (non-hydrogen) atoms. The predicted molar refractivity (Wildman–Crippen MR) is 79.3 cm³/mol. The van der Waals surface area contributed by atoms with Crippen molar-refractivity contribution in [1.82, 2.24) is 15.1 Å². The molecule has 2 aliphatic rings. The van der Waals surface area contributed by atoms with Crippen LogP contribution < -0.4 is 5.32 Å². The van der Waals surface area contributed by atoms with E-state index in [9.17, 15) is 0 Å². The van der Waals surface area contributed by atoms with Crippen molar-refractivity contribution >= 4 is 0 Å². The van der Waals surface area contributed by atoms with Crippen LogP contribution in [0.25, 0.3) is 0 Å². The van der Waals surface area contributed by atoms with Gasteiger partial charge in [-0.3, -0.25) is 4.90 Å². The van der Waals surface area contributed by atoms with Gasteiger partial charge in [0.05, 0.1) is 0 Å². The Hall–Kier alpha value is -0.900. The first-order valence-corrected chi connectivity index (χ1v) is 7.55. The summed E-state index contributed by atoms with van der Waals surface area (Å²) in [5.41, 5.74) is 4.54. The molecule has 3 nitrogen and oxygen atoms in total. The van der Waals surface area contributed by atoms with E-state index in [1.165, 1.54) is 43.9 Å². The lowest BCUT2D eigenvalue weighted by Gasteiger charge is -2.42. The van der Waals surface area contributed by atoms with Crippen LogP contribution in [0.3, 0.4) is 0 Å². The quantitative estimate of drug-likeness (QED) is 0.873. The van der Waals surface area contributed by atoms with Crippen molar-refractivity contribution in [3.05, 3.63) is 34.9 Å². The topological polar surface area (TPSA) is 18.5 Å². The molecule has 1 atom stereocenters. The molecular formula is C16H25N3. The zero-order chi connectivity index (χ0) is 13.2. The average Bonchev–Trinajstić information content (AvgIpc) is 2.47. The summed E-state index contributed by atoms with van der Waals surface area (Å²) in [7, 11) is 0. The van der Waals surface area contributed by atoms with Gasteiger partial charge in [-0.05, 0) is 30.2 Å². The summed E-state index contributed by atoms with van der Waals surface area (Å²) in [6.07, 6.45) is 0. The number of likely N-dealkylation sites (N-methyl/N-ethyl adjacent to an activating group) is 1. The van der Waals surface area contributed by atoms with E-state index in [1.54, 1.807) is 5.56 Å². The number of benzene rings is 1. The van der Waals surface area contributed by atoms with Crippen molar-refractivity contribution < 1.29 is 0 Å². The molecule has 1 fully saturated rings. The van der Waals surface area contributed by atoms with Gasteiger partial charge >= 0.3 is 0 Å². The lowest BCUT2D eigenvalue weighted by molar-refractivity contribution is 0.0946. The molecule has 0 amide bonds. The highest BCUT2D eigenvalue weighted by atomic mass is 15.3. The first-order valence-electron chi connectivity index (χ1n) is 7.55. The number of rotatable bonds is 2. The van der Waals surface area contributed by atoms with Crippen LogP contribution in [0.1, 0.15) is 29.7 Å². The molecular weight excluding hydrogens is 234 g/mol. The maximum atomic E-state index is 3.59. The van der Waals surface area contributed by atoms with Crippen LogP contribution >= 0.6 is 0 Å². The van der Waals surface area contributed by atoms with E-state index in [1.807, 2.05) is 0 Å². The third-order valence-corrected chi connectivity index (χ3v) is 4.70. The molecule has 0 aromatic heterocycles. The number of nitrogens with zero attached hydrogens (tertiary/aromatic N) is 2. The van der Waals surface area contributed by atoms with Gasteiger partial charge in [-0.2, -0.15) is 0 Å². The Balaban J connectivity index is 1.80. The van der Waals surface area contributed by atoms with Gasteiger partial charge in [0.15, 0.2) is 0 Å². The molecule has 104 valence electrons. The Morgan fingerprint density at radius 2 is 2.00 bits per heavy atom. The third kappa shape index (κ3) is 2.55. The maximum Gasteiger partial charge on any atom is 0.0479 e. The van der Waals surface area contributed by atoms with Crippen LogP contribution in [0.5, 0.6) is 0 Å². The van der Waals surface area contributed by atoms with Crippen molar-refractivity contribution in [1.29, 1.82) is 0 Å². The molecule has 1 saturated heterocycles. The van der Waals surface area contributed by atoms with Gasteiger partial charge in [-0.1, -0.05) is 25.1 Å². The van der Waals surface area contributed by atoms with Crippen LogP contribution in [-0.2, 0) is 6.54 Å². The lowest BCUT2D eigenvalue weighted by Crippen LogP contribution is -2.50. The Labute approximate surface area is 116 Å². The molecule has 2 heterocycles. The van der Waals surface area contributed by atoms with Gasteiger partial charge in [0.1, 0.15) is 0 Å². The Morgan fingerprint density at radius 3 is 2.74 bits per heavy atom. The molecule has 2 aliphatic heterocycles. The van der Waals surface area contributed by atoms with Crippen LogP contribution in [0.2, 0.25) is 0 Å². The standard InChI is InChI=1S/C16H25N3/c1-3-18-7-9-19(10-8-18)15-12-17-11-14-6-4-5-13(2)16(14)15/h4-6,15,17H,3,7-12H2,1-2H3/t15-/m1/s1. The minimum atomic E-state index is 0.573. The van der Waals surface area contributed by atoms with Crippen molar-refractivity contribution in [3.8, 4) is 0 Å². The van der Waals surface area contributed by atoms with E-state index in [2.05, 4.69) is 47.2 Å². The van der Waals surface area contributed by atoms with E-state index >= 15 is 0 Å². The van der Waals surface area contributed by atoms with Crippen LogP contribution in [0.15, 0.2) is 18.2 Å². The zero-order valence-corrected chi connectivity index (χ0v) is 12.2. The summed E-state index contributed by atoms with van der Waals surface area (Å²) >= 11 is 0. The average molecular weight is 259 g/mol. The molecule has 0 aliphatic carbocycles. The maximum absolute atomic E-state index is 3.59. The molecule has 0 bridgehead atoms. The fraction of sp³-hybridized carbons (Fsp3) is 0.625. The number of fused-ring (bicyclic) bond motifs is 1. The molecule has 3 heteroatoms. The summed E-state index contributed by atoms with van der Waals surface area (Å²) in [4.78, 5) is 5.22. The highest BCUT2D eigenvalue weighted by Crippen LogP contribution is 2.30. The second-order valence-corrected chi connectivity index (χ2v) is 5.76. The van der Waals surface area contributed by atoms with Gasteiger partial charge in [-0.25, -0.2) is 0 Å². The highest BCUT2D eigenvalue weighted by Gasteiger charge is 2.29. The molecule has 0 radical (unpaired) electrons. The predicted octanol–water partition coefficient (Wildman–Crippen LogP) is 1.78. The molecule has 0 saturated carbocycles. The lowest BCUT2D eigenvalue weighted by atomic mass is 9.91. The number of piperazine rings is 1. The Morgan fingerprint density at radius 1 is 1.21 bits per heavy atom. The summed E-state index contributed by atoms with van der Waals surface area (Å²) in [5.74, 6) is 0. The number of aryl methyl sites for hydroxylation is 1. The third-order valence-electron chi connectivity index (χ3n) is 4.70. The monoisotopic (exact) mass is 259 g/mol. The summed E-state index contributed by atoms with van der Waals surface area (Å²) in [6, 6.07) is 7.31. The largest absolute Gasteiger partial charge is 0.311 e. The fourth-order valence-corrected chi connectivity index (χ4v) is 3.52. The Kier molecular flexibility index (Phi) is 3.87. The van der Waals surface area contributed by atoms with Gasteiger partial charge in [0.2, 0.25) is 0 Å². The zero-order valence-electron chi connectivity index (χ0n) is 12.2. The highest BCUT2D eigenvalue weighted by molar-refractivity contribution is 5.39. The fourth-order valence-electron chi connectivity index (χ4n) is 3.52. The van der Waals surface area contributed by atoms with Crippen LogP contribution in [0.4, 0.5) is 0 Å². The number of hydrogen-bond acceptors (Lipinski definition) is 3. The SMILES string of the molecule is CCN1CCN([C@@H]2CNCc3cccc(C)c32)CC1. The van der Waals surface area contributed by atoms with E-state index in [0.29, 0.717) is 6.04 Å². The van der Waals surface area contributed by atoms with E-state index < -0.39 is 0 Å². The van der Waals surface area contributed by atoms with Gasteiger partial charge in [-0.15, -0.1) is 0 Å². The summed E-state index contributed by atoms with van der Waals surface area (Å²) in [5, 5.41) is 3.59. The number of nitrogens with one attached hydrogen (secondary N) is 1. The molecule has 3 rings (SSSR count). The van der Waals surface area contributed by atoms with Crippen LogP contribution in [-0.4, -0.2) is 49.1 Å². The molecule has 0 spiro atoms. The summed E-state index contributed by atoms with van der Waals surface area (Å²) < 4.78 is 0. The van der Waals surface area contributed by atoms with Crippen molar-refractivity contribution in [2.24, 2.45) is 0 Å². The molecule has 1 N–H and O–H groups in total. The van der Waals surface area contributed by atoms with Crippen molar-refractivity contribution in [2.45, 2.75) is 26.4 Å². The normalized spacial score (nSPS) is 25.3. The molecule has 1 aromatic carbocycles. The van der Waals surface area contributed by atoms with Gasteiger partial charge in [0.25, 0.3) is 0 Å². The minimum absolute atomic E-state index is 0.573. The van der Waals surface area contributed by atoms with E-state index in [0.717, 1.165) is 13.1 Å². The van der Waals surface area contributed by atoms with Crippen molar-refractivity contribution in [2.75, 3.05) is 39.3 Å². The van der Waals surface area contributed by atoms with Gasteiger partial charge < -0.3 is 10.2 Å². The minimum Gasteiger partial charge on any atom is -0.311 e. The number of hydrogen-bond donors (Lipinski definition) is 1. The first kappa shape index (κ1) is 13.1. The van der Waals surface area contributed by atoms with Crippen molar-refractivity contribution in [3.63, 3.8) is 0 Å². The molecule has 1 aromatic rings. The van der Waals surface area contributed by atoms with E-state index in [-0.39, 0.29) is 0 Å². The Bertz CT molecular complexity index is 436. The summed E-state index contributed by atoms with van der Waals surface area (Å²) in [6.45, 7) is 12.7. The second-order valence-electron chi connectivity index (χ2n) is 5.76. The van der Waals surface area contributed by atoms with E-state index in [4.69, 9.17) is 0 Å². The van der Waals surface area contributed by atoms with Gasteiger partial charge in [0, 0.05) is 45.3 Å². The molecule has 0 unspecified atom stereocenters. The van der Waals surface area contributed by atoms with Crippen LogP contribution in [0, 0.1) is 6.92 Å². The smallest absolute Gasteiger partial charge is 0.0479 e. The first-order chi connectivity index (χ1) is 9.29. The second kappa shape index (κ2) is 5.61.